The van der Waals surface area contributed by atoms with Gasteiger partial charge in [-0.15, -0.1) is 0 Å². The van der Waals surface area contributed by atoms with Gasteiger partial charge in [0.1, 0.15) is 0 Å². The summed E-state index contributed by atoms with van der Waals surface area (Å²) in [7, 11) is 0.200. The van der Waals surface area contributed by atoms with Crippen LogP contribution < -0.4 is 4.72 Å². The second-order valence-corrected chi connectivity index (χ2v) is 8.74. The number of hydrogen-bond donors (Lipinski definition) is 1. The SMILES string of the molecule is CN(C)CCNS(=O)(=O)c1ccc(C(=O)N2CCc3ccccc3C2)cc1. The van der Waals surface area contributed by atoms with Crippen LogP contribution in [0.25, 0.3) is 0 Å². The highest BCUT2D eigenvalue weighted by Crippen LogP contribution is 2.21. The number of fused-ring (bicyclic) bond motifs is 1. The fraction of sp³-hybridized carbons (Fsp3) is 0.350. The molecular formula is C20H25N3O3S. The van der Waals surface area contributed by atoms with Crippen LogP contribution in [0.5, 0.6) is 0 Å². The third kappa shape index (κ3) is 4.74. The third-order valence-corrected chi connectivity index (χ3v) is 6.16. The second kappa shape index (κ2) is 8.21. The van der Waals surface area contributed by atoms with Gasteiger partial charge in [0, 0.05) is 31.7 Å². The van der Waals surface area contributed by atoms with Crippen molar-refractivity contribution in [1.82, 2.24) is 14.5 Å². The van der Waals surface area contributed by atoms with E-state index in [1.165, 1.54) is 23.3 Å². The third-order valence-electron chi connectivity index (χ3n) is 4.68. The van der Waals surface area contributed by atoms with Gasteiger partial charge < -0.3 is 9.80 Å². The quantitative estimate of drug-likeness (QED) is 0.820. The van der Waals surface area contributed by atoms with Gasteiger partial charge in [0.05, 0.1) is 4.90 Å². The smallest absolute Gasteiger partial charge is 0.254 e. The van der Waals surface area contributed by atoms with E-state index in [-0.39, 0.29) is 10.8 Å². The summed E-state index contributed by atoms with van der Waals surface area (Å²) in [5.74, 6) is -0.0750. The van der Waals surface area contributed by atoms with Crippen LogP contribution in [0.3, 0.4) is 0 Å². The van der Waals surface area contributed by atoms with E-state index >= 15 is 0 Å². The highest BCUT2D eigenvalue weighted by atomic mass is 32.2. The molecule has 0 bridgehead atoms. The summed E-state index contributed by atoms with van der Waals surface area (Å²) in [5, 5.41) is 0. The first-order valence-electron chi connectivity index (χ1n) is 8.97. The number of benzene rings is 2. The maximum Gasteiger partial charge on any atom is 0.254 e. The average Bonchev–Trinajstić information content (AvgIpc) is 2.66. The van der Waals surface area contributed by atoms with E-state index in [1.807, 2.05) is 37.2 Å². The van der Waals surface area contributed by atoms with E-state index in [0.29, 0.717) is 31.7 Å². The lowest BCUT2D eigenvalue weighted by Gasteiger charge is -2.29. The summed E-state index contributed by atoms with van der Waals surface area (Å²) in [6.07, 6.45) is 0.837. The highest BCUT2D eigenvalue weighted by Gasteiger charge is 2.22. The van der Waals surface area contributed by atoms with Crippen LogP contribution in [-0.2, 0) is 23.0 Å². The molecule has 1 aliphatic rings. The van der Waals surface area contributed by atoms with Crippen LogP contribution in [0, 0.1) is 0 Å². The number of likely N-dealkylation sites (N-methyl/N-ethyl adjacent to an activating group) is 1. The number of hydrogen-bond acceptors (Lipinski definition) is 4. The van der Waals surface area contributed by atoms with Crippen LogP contribution in [0.1, 0.15) is 21.5 Å². The van der Waals surface area contributed by atoms with Crippen LogP contribution in [0.4, 0.5) is 0 Å². The number of rotatable bonds is 6. The number of nitrogens with one attached hydrogen (secondary N) is 1. The molecule has 144 valence electrons. The van der Waals surface area contributed by atoms with Crippen molar-refractivity contribution < 1.29 is 13.2 Å². The minimum atomic E-state index is -3.56. The summed E-state index contributed by atoms with van der Waals surface area (Å²) in [4.78, 5) is 16.7. The Balaban J connectivity index is 1.67. The minimum absolute atomic E-state index is 0.0750. The largest absolute Gasteiger partial charge is 0.334 e. The van der Waals surface area contributed by atoms with E-state index in [9.17, 15) is 13.2 Å². The van der Waals surface area contributed by atoms with Crippen molar-refractivity contribution in [3.8, 4) is 0 Å². The van der Waals surface area contributed by atoms with Crippen LogP contribution in [0.2, 0.25) is 0 Å². The average molecular weight is 388 g/mol. The standard InChI is InChI=1S/C20H25N3O3S/c1-22(2)14-12-21-27(25,26)19-9-7-17(8-10-19)20(24)23-13-11-16-5-3-4-6-18(16)15-23/h3-10,21H,11-15H2,1-2H3. The molecule has 0 radical (unpaired) electrons. The molecule has 0 atom stereocenters. The Hall–Kier alpha value is -2.22. The zero-order valence-corrected chi connectivity index (χ0v) is 16.5. The van der Waals surface area contributed by atoms with Gasteiger partial charge in [0.15, 0.2) is 0 Å². The summed E-state index contributed by atoms with van der Waals surface area (Å²) >= 11 is 0. The number of nitrogens with zero attached hydrogens (tertiary/aromatic N) is 2. The van der Waals surface area contributed by atoms with Crippen molar-refractivity contribution in [2.45, 2.75) is 17.9 Å². The maximum absolute atomic E-state index is 12.8. The van der Waals surface area contributed by atoms with E-state index in [1.54, 1.807) is 17.0 Å². The molecule has 0 aromatic heterocycles. The topological polar surface area (TPSA) is 69.7 Å². The molecule has 2 aromatic rings. The van der Waals surface area contributed by atoms with E-state index in [2.05, 4.69) is 10.8 Å². The zero-order valence-electron chi connectivity index (χ0n) is 15.7. The first-order chi connectivity index (χ1) is 12.9. The zero-order chi connectivity index (χ0) is 19.4. The molecule has 27 heavy (non-hydrogen) atoms. The Labute approximate surface area is 160 Å². The van der Waals surface area contributed by atoms with Gasteiger partial charge in [0.2, 0.25) is 10.0 Å². The summed E-state index contributed by atoms with van der Waals surface area (Å²) in [6, 6.07) is 14.3. The number of amides is 1. The molecule has 0 spiro atoms. The molecule has 1 heterocycles. The van der Waals surface area contributed by atoms with Gasteiger partial charge in [-0.1, -0.05) is 24.3 Å². The summed E-state index contributed by atoms with van der Waals surface area (Å²) in [5.41, 5.74) is 2.95. The van der Waals surface area contributed by atoms with Gasteiger partial charge in [-0.05, 0) is 55.9 Å². The fourth-order valence-electron chi connectivity index (χ4n) is 3.12. The highest BCUT2D eigenvalue weighted by molar-refractivity contribution is 7.89. The van der Waals surface area contributed by atoms with Gasteiger partial charge in [-0.25, -0.2) is 13.1 Å². The molecule has 6 nitrogen and oxygen atoms in total. The lowest BCUT2D eigenvalue weighted by Crippen LogP contribution is -2.36. The molecule has 0 saturated carbocycles. The van der Waals surface area contributed by atoms with Crippen molar-refractivity contribution in [3.63, 3.8) is 0 Å². The molecular weight excluding hydrogens is 362 g/mol. The van der Waals surface area contributed by atoms with E-state index < -0.39 is 10.0 Å². The Kier molecular flexibility index (Phi) is 5.94. The van der Waals surface area contributed by atoms with Gasteiger partial charge >= 0.3 is 0 Å². The molecule has 1 N–H and O–H groups in total. The fourth-order valence-corrected chi connectivity index (χ4v) is 4.14. The number of carbonyl (C=O) groups is 1. The summed E-state index contributed by atoms with van der Waals surface area (Å²) in [6.45, 7) is 2.21. The molecule has 3 rings (SSSR count). The molecule has 0 saturated heterocycles. The van der Waals surface area contributed by atoms with Crippen molar-refractivity contribution in [3.05, 3.63) is 65.2 Å². The predicted octanol–water partition coefficient (Wildman–Crippen LogP) is 1.73. The molecule has 7 heteroatoms. The van der Waals surface area contributed by atoms with Crippen LogP contribution in [0.15, 0.2) is 53.4 Å². The Morgan fingerprint density at radius 3 is 2.41 bits per heavy atom. The first kappa shape index (κ1) is 19.5. The molecule has 1 aliphatic heterocycles. The lowest BCUT2D eigenvalue weighted by molar-refractivity contribution is 0.0734. The minimum Gasteiger partial charge on any atom is -0.334 e. The van der Waals surface area contributed by atoms with Crippen LogP contribution >= 0.6 is 0 Å². The number of sulfonamides is 1. The maximum atomic E-state index is 12.8. The monoisotopic (exact) mass is 387 g/mol. The van der Waals surface area contributed by atoms with Crippen molar-refractivity contribution in [2.75, 3.05) is 33.7 Å². The van der Waals surface area contributed by atoms with E-state index in [4.69, 9.17) is 0 Å². The van der Waals surface area contributed by atoms with Gasteiger partial charge in [-0.2, -0.15) is 0 Å². The molecule has 0 unspecified atom stereocenters. The molecule has 0 fully saturated rings. The Morgan fingerprint density at radius 1 is 1.07 bits per heavy atom. The van der Waals surface area contributed by atoms with Gasteiger partial charge in [0.25, 0.3) is 5.91 Å². The molecule has 2 aromatic carbocycles. The van der Waals surface area contributed by atoms with Crippen LogP contribution in [-0.4, -0.2) is 57.9 Å². The lowest BCUT2D eigenvalue weighted by atomic mass is 9.99. The summed E-state index contributed by atoms with van der Waals surface area (Å²) < 4.78 is 27.2. The normalized spacial score (nSPS) is 14.3. The Bertz CT molecular complexity index is 908. The molecule has 0 aliphatic carbocycles. The van der Waals surface area contributed by atoms with Gasteiger partial charge in [-0.3, -0.25) is 4.79 Å². The molecule has 1 amide bonds. The van der Waals surface area contributed by atoms with Crippen molar-refractivity contribution in [2.24, 2.45) is 0 Å². The predicted molar refractivity (Wildman–Crippen MR) is 105 cm³/mol. The Morgan fingerprint density at radius 2 is 1.74 bits per heavy atom. The number of carbonyl (C=O) groups excluding carboxylic acids is 1. The van der Waals surface area contributed by atoms with E-state index in [0.717, 1.165) is 6.42 Å². The second-order valence-electron chi connectivity index (χ2n) is 6.97. The first-order valence-corrected chi connectivity index (χ1v) is 10.5. The van der Waals surface area contributed by atoms with Crippen molar-refractivity contribution >= 4 is 15.9 Å². The van der Waals surface area contributed by atoms with Crippen molar-refractivity contribution in [1.29, 1.82) is 0 Å².